The number of likely N-dealkylation sites (N-methyl/N-ethyl adjacent to an activating group) is 1. The molecule has 5 nitrogen and oxygen atoms in total. The molecule has 1 spiro atoms. The molecule has 2 aliphatic heterocycles. The van der Waals surface area contributed by atoms with Crippen LogP contribution >= 0.6 is 0 Å². The van der Waals surface area contributed by atoms with E-state index in [1.165, 1.54) is 12.1 Å². The van der Waals surface area contributed by atoms with Crippen molar-refractivity contribution in [1.82, 2.24) is 4.90 Å². The predicted molar refractivity (Wildman–Crippen MR) is 110 cm³/mol. The van der Waals surface area contributed by atoms with Gasteiger partial charge in [0.25, 0.3) is 5.91 Å². The lowest BCUT2D eigenvalue weighted by atomic mass is 9.87. The number of hydrogen-bond donors (Lipinski definition) is 0. The van der Waals surface area contributed by atoms with Crippen LogP contribution in [0.25, 0.3) is 0 Å². The smallest absolute Gasteiger partial charge is 0.257 e. The number of halogens is 1. The monoisotopic (exact) mass is 398 g/mol. The second kappa shape index (κ2) is 8.03. The molecule has 2 heterocycles. The maximum absolute atomic E-state index is 13.2. The number of amides is 1. The molecule has 29 heavy (non-hydrogen) atoms. The second-order valence-electron chi connectivity index (χ2n) is 7.93. The minimum absolute atomic E-state index is 0.00952. The van der Waals surface area contributed by atoms with E-state index in [1.54, 1.807) is 19.2 Å². The fourth-order valence-corrected chi connectivity index (χ4v) is 4.41. The maximum Gasteiger partial charge on any atom is 0.257 e. The van der Waals surface area contributed by atoms with Crippen LogP contribution < -0.4 is 9.64 Å². The van der Waals surface area contributed by atoms with Crippen LogP contribution in [0.4, 0.5) is 10.1 Å². The van der Waals surface area contributed by atoms with Crippen molar-refractivity contribution >= 4 is 11.6 Å². The van der Waals surface area contributed by atoms with Crippen molar-refractivity contribution in [2.24, 2.45) is 0 Å². The van der Waals surface area contributed by atoms with Gasteiger partial charge in [-0.25, -0.2) is 4.39 Å². The Morgan fingerprint density at radius 1 is 1.17 bits per heavy atom. The normalized spacial score (nSPS) is 20.7. The van der Waals surface area contributed by atoms with E-state index in [0.717, 1.165) is 24.9 Å². The van der Waals surface area contributed by atoms with Crippen LogP contribution in [0.1, 0.15) is 29.6 Å². The Bertz CT molecular complexity index is 863. The first-order chi connectivity index (χ1) is 14.0. The number of likely N-dealkylation sites (tertiary alicyclic amines) is 1. The summed E-state index contributed by atoms with van der Waals surface area (Å²) in [5.41, 5.74) is 1.41. The molecule has 6 heteroatoms. The molecule has 2 saturated heterocycles. The number of nitrogens with zero attached hydrogens (tertiary/aromatic N) is 2. The molecule has 0 aromatic heterocycles. The first kappa shape index (κ1) is 19.7. The Morgan fingerprint density at radius 3 is 2.55 bits per heavy atom. The van der Waals surface area contributed by atoms with Crippen molar-refractivity contribution in [3.8, 4) is 5.75 Å². The van der Waals surface area contributed by atoms with Crippen LogP contribution in [0.3, 0.4) is 0 Å². The summed E-state index contributed by atoms with van der Waals surface area (Å²) in [6, 6.07) is 14.2. The van der Waals surface area contributed by atoms with Gasteiger partial charge in [-0.2, -0.15) is 0 Å². The van der Waals surface area contributed by atoms with E-state index >= 15 is 0 Å². The van der Waals surface area contributed by atoms with E-state index in [4.69, 9.17) is 9.47 Å². The van der Waals surface area contributed by atoms with Gasteiger partial charge in [0.15, 0.2) is 0 Å². The number of rotatable bonds is 4. The van der Waals surface area contributed by atoms with E-state index in [1.807, 2.05) is 36.2 Å². The summed E-state index contributed by atoms with van der Waals surface area (Å²) in [6.45, 7) is 1.99. The van der Waals surface area contributed by atoms with Gasteiger partial charge in [0.2, 0.25) is 0 Å². The zero-order valence-electron chi connectivity index (χ0n) is 16.9. The molecular formula is C23H27FN2O3. The Labute approximate surface area is 171 Å². The minimum atomic E-state index is -0.228. The van der Waals surface area contributed by atoms with Crippen molar-refractivity contribution in [3.05, 3.63) is 59.9 Å². The fourth-order valence-electron chi connectivity index (χ4n) is 4.41. The van der Waals surface area contributed by atoms with E-state index in [9.17, 15) is 9.18 Å². The van der Waals surface area contributed by atoms with Gasteiger partial charge in [0, 0.05) is 25.8 Å². The second-order valence-corrected chi connectivity index (χ2v) is 7.93. The zero-order chi connectivity index (χ0) is 20.4. The van der Waals surface area contributed by atoms with Crippen LogP contribution in [-0.4, -0.2) is 56.3 Å². The van der Waals surface area contributed by atoms with Gasteiger partial charge in [0.05, 0.1) is 30.9 Å². The number of benzene rings is 2. The average molecular weight is 398 g/mol. The highest BCUT2D eigenvalue weighted by Crippen LogP contribution is 2.39. The highest BCUT2D eigenvalue weighted by molar-refractivity contribution is 5.97. The predicted octanol–water partition coefficient (Wildman–Crippen LogP) is 3.73. The van der Waals surface area contributed by atoms with Gasteiger partial charge in [-0.3, -0.25) is 4.79 Å². The van der Waals surface area contributed by atoms with Crippen molar-refractivity contribution in [2.75, 3.05) is 38.8 Å². The van der Waals surface area contributed by atoms with Crippen molar-refractivity contribution in [2.45, 2.75) is 30.9 Å². The molecule has 0 aliphatic carbocycles. The molecule has 2 aromatic rings. The quantitative estimate of drug-likeness (QED) is 0.787. The maximum atomic E-state index is 13.2. The van der Waals surface area contributed by atoms with Gasteiger partial charge in [-0.15, -0.1) is 0 Å². The number of para-hydroxylation sites is 1. The Balaban J connectivity index is 1.38. The van der Waals surface area contributed by atoms with E-state index in [0.29, 0.717) is 31.0 Å². The molecule has 0 bridgehead atoms. The molecule has 2 fully saturated rings. The van der Waals surface area contributed by atoms with E-state index in [2.05, 4.69) is 4.90 Å². The standard InChI is InChI=1S/C23H27FN2O3/c1-25(18-9-7-17(24)8-10-18)19-15-23(29-16-19)11-13-26(14-12-23)22(27)20-5-3-4-6-21(20)28-2/h3-10,19H,11-16H2,1-2H3/t19-/m0/s1. The summed E-state index contributed by atoms with van der Waals surface area (Å²) in [5.74, 6) is 0.388. The molecular weight excluding hydrogens is 371 g/mol. The Kier molecular flexibility index (Phi) is 5.46. The summed E-state index contributed by atoms with van der Waals surface area (Å²) >= 11 is 0. The number of ether oxygens (including phenoxy) is 2. The molecule has 2 aromatic carbocycles. The molecule has 0 N–H and O–H groups in total. The van der Waals surface area contributed by atoms with Crippen LogP contribution in [0.5, 0.6) is 5.75 Å². The molecule has 1 amide bonds. The SMILES string of the molecule is COc1ccccc1C(=O)N1CCC2(CC1)C[C@H](N(C)c1ccc(F)cc1)CO2. The number of methoxy groups -OCH3 is 1. The van der Waals surface area contributed by atoms with Gasteiger partial charge in [-0.1, -0.05) is 12.1 Å². The lowest BCUT2D eigenvalue weighted by molar-refractivity contribution is -0.0388. The molecule has 1 atom stereocenters. The third-order valence-electron chi connectivity index (χ3n) is 6.27. The number of carbonyl (C=O) groups is 1. The van der Waals surface area contributed by atoms with Crippen molar-refractivity contribution in [3.63, 3.8) is 0 Å². The first-order valence-electron chi connectivity index (χ1n) is 10.1. The van der Waals surface area contributed by atoms with Gasteiger partial charge in [-0.05, 0) is 55.7 Å². The molecule has 0 radical (unpaired) electrons. The Hall–Kier alpha value is -2.60. The van der Waals surface area contributed by atoms with Crippen LogP contribution in [0, 0.1) is 5.82 Å². The number of piperidine rings is 1. The summed E-state index contributed by atoms with van der Waals surface area (Å²) in [4.78, 5) is 17.0. The summed E-state index contributed by atoms with van der Waals surface area (Å²) in [6.07, 6.45) is 2.56. The highest BCUT2D eigenvalue weighted by atomic mass is 19.1. The van der Waals surface area contributed by atoms with Gasteiger partial charge in [0.1, 0.15) is 11.6 Å². The van der Waals surface area contributed by atoms with Gasteiger partial charge < -0.3 is 19.3 Å². The number of anilines is 1. The van der Waals surface area contributed by atoms with Crippen LogP contribution in [0.15, 0.2) is 48.5 Å². The van der Waals surface area contributed by atoms with Crippen molar-refractivity contribution in [1.29, 1.82) is 0 Å². The molecule has 0 unspecified atom stereocenters. The third kappa shape index (κ3) is 3.94. The molecule has 154 valence electrons. The summed E-state index contributed by atoms with van der Waals surface area (Å²) in [5, 5.41) is 0. The topological polar surface area (TPSA) is 42.0 Å². The molecule has 0 saturated carbocycles. The Morgan fingerprint density at radius 2 is 1.86 bits per heavy atom. The van der Waals surface area contributed by atoms with Crippen LogP contribution in [0.2, 0.25) is 0 Å². The number of hydrogen-bond acceptors (Lipinski definition) is 4. The van der Waals surface area contributed by atoms with E-state index in [-0.39, 0.29) is 23.4 Å². The minimum Gasteiger partial charge on any atom is -0.496 e. The number of carbonyl (C=O) groups excluding carboxylic acids is 1. The molecule has 4 rings (SSSR count). The lowest BCUT2D eigenvalue weighted by Gasteiger charge is -2.39. The van der Waals surface area contributed by atoms with E-state index < -0.39 is 0 Å². The molecule has 2 aliphatic rings. The summed E-state index contributed by atoms with van der Waals surface area (Å²) < 4.78 is 24.8. The first-order valence-corrected chi connectivity index (χ1v) is 10.1. The van der Waals surface area contributed by atoms with Gasteiger partial charge >= 0.3 is 0 Å². The fraction of sp³-hybridized carbons (Fsp3) is 0.435. The van der Waals surface area contributed by atoms with Crippen molar-refractivity contribution < 1.29 is 18.7 Å². The summed E-state index contributed by atoms with van der Waals surface area (Å²) in [7, 11) is 3.61. The average Bonchev–Trinajstić information content (AvgIpc) is 3.17. The third-order valence-corrected chi connectivity index (χ3v) is 6.27. The van der Waals surface area contributed by atoms with Crippen LogP contribution in [-0.2, 0) is 4.74 Å². The highest BCUT2D eigenvalue weighted by Gasteiger charge is 2.44. The largest absolute Gasteiger partial charge is 0.496 e. The lowest BCUT2D eigenvalue weighted by Crippen LogP contribution is -2.47. The zero-order valence-corrected chi connectivity index (χ0v) is 16.9.